The Kier molecular flexibility index (Phi) is 2.30. The Hall–Kier alpha value is -0.970. The van der Waals surface area contributed by atoms with Gasteiger partial charge in [0.05, 0.1) is 12.0 Å². The largest absolute Gasteiger partial charge is 0.340 e. The van der Waals surface area contributed by atoms with Crippen molar-refractivity contribution >= 4 is 0 Å². The normalized spacial score (nSPS) is 22.4. The molecule has 0 bridgehead atoms. The average Bonchev–Trinajstić information content (AvgIpc) is 2.44. The summed E-state index contributed by atoms with van der Waals surface area (Å²) in [5.41, 5.74) is 0.454. The third-order valence-corrected chi connectivity index (χ3v) is 2.75. The molecule has 1 saturated carbocycles. The van der Waals surface area contributed by atoms with Gasteiger partial charge in [-0.2, -0.15) is 0 Å². The molecule has 5 heteroatoms. The van der Waals surface area contributed by atoms with Crippen molar-refractivity contribution in [3.8, 4) is 0 Å². The summed E-state index contributed by atoms with van der Waals surface area (Å²) in [5, 5.41) is 3.12. The second-order valence-electron chi connectivity index (χ2n) is 4.65. The van der Waals surface area contributed by atoms with Gasteiger partial charge in [-0.15, -0.1) is 0 Å². The Balaban J connectivity index is 1.84. The predicted octanol–water partition coefficient (Wildman–Crippen LogP) is 1.70. The van der Waals surface area contributed by atoms with E-state index in [1.54, 1.807) is 6.33 Å². The molecule has 1 aliphatic rings. The molecule has 1 aromatic rings. The fourth-order valence-corrected chi connectivity index (χ4v) is 2.08. The third kappa shape index (κ3) is 2.34. The molecule has 1 N–H and O–H groups in total. The van der Waals surface area contributed by atoms with Gasteiger partial charge in [0, 0.05) is 38.2 Å². The number of nitrogens with zero attached hydrogens (tertiary/aromatic N) is 2. The van der Waals surface area contributed by atoms with Gasteiger partial charge in [-0.25, -0.2) is 13.8 Å². The number of rotatable bonds is 3. The van der Waals surface area contributed by atoms with Crippen LogP contribution in [-0.4, -0.2) is 21.0 Å². The average molecular weight is 215 g/mol. The summed E-state index contributed by atoms with van der Waals surface area (Å²) >= 11 is 0. The highest BCUT2D eigenvalue weighted by atomic mass is 19.3. The Morgan fingerprint density at radius 3 is 2.67 bits per heavy atom. The highest BCUT2D eigenvalue weighted by molar-refractivity contribution is 5.05. The minimum absolute atomic E-state index is 0.0766. The van der Waals surface area contributed by atoms with E-state index in [-0.39, 0.29) is 12.8 Å². The smallest absolute Gasteiger partial charge is 0.251 e. The summed E-state index contributed by atoms with van der Waals surface area (Å²) in [6, 6.07) is 0. The first kappa shape index (κ1) is 10.5. The van der Waals surface area contributed by atoms with E-state index in [9.17, 15) is 8.78 Å². The Bertz CT molecular complexity index is 351. The van der Waals surface area contributed by atoms with Crippen LogP contribution in [0.4, 0.5) is 8.78 Å². The minimum atomic E-state index is -2.48. The van der Waals surface area contributed by atoms with E-state index in [0.29, 0.717) is 6.54 Å². The lowest BCUT2D eigenvalue weighted by molar-refractivity contribution is -0.128. The number of aryl methyl sites for hydroxylation is 1. The molecule has 1 fully saturated rings. The summed E-state index contributed by atoms with van der Waals surface area (Å²) in [6.07, 6.45) is 3.43. The number of halogens is 2. The fraction of sp³-hybridized carbons (Fsp3) is 0.700. The zero-order valence-corrected chi connectivity index (χ0v) is 8.93. The predicted molar refractivity (Wildman–Crippen MR) is 52.6 cm³/mol. The maximum absolute atomic E-state index is 12.7. The van der Waals surface area contributed by atoms with Crippen LogP contribution in [0.1, 0.15) is 25.5 Å². The molecule has 15 heavy (non-hydrogen) atoms. The molecule has 0 unspecified atom stereocenters. The maximum atomic E-state index is 12.7. The monoisotopic (exact) mass is 215 g/mol. The summed E-state index contributed by atoms with van der Waals surface area (Å²) in [6.45, 7) is 2.38. The molecular formula is C10H15F2N3. The third-order valence-electron chi connectivity index (χ3n) is 2.75. The van der Waals surface area contributed by atoms with Gasteiger partial charge in [0.1, 0.15) is 0 Å². The van der Waals surface area contributed by atoms with Gasteiger partial charge < -0.3 is 9.88 Å². The summed E-state index contributed by atoms with van der Waals surface area (Å²) in [5.74, 6) is -2.48. The van der Waals surface area contributed by atoms with E-state index >= 15 is 0 Å². The lowest BCUT2D eigenvalue weighted by atomic mass is 9.75. The second kappa shape index (κ2) is 3.27. The van der Waals surface area contributed by atoms with Crippen molar-refractivity contribution in [2.45, 2.75) is 37.8 Å². The van der Waals surface area contributed by atoms with Crippen molar-refractivity contribution in [1.29, 1.82) is 0 Å². The van der Waals surface area contributed by atoms with Crippen LogP contribution in [0.5, 0.6) is 0 Å². The van der Waals surface area contributed by atoms with Gasteiger partial charge in [-0.05, 0) is 6.92 Å². The molecule has 1 aliphatic carbocycles. The summed E-state index contributed by atoms with van der Waals surface area (Å²) < 4.78 is 27.2. The van der Waals surface area contributed by atoms with Gasteiger partial charge in [0.2, 0.25) is 0 Å². The zero-order chi connectivity index (χ0) is 11.1. The fourth-order valence-electron chi connectivity index (χ4n) is 2.08. The lowest BCUT2D eigenvalue weighted by Gasteiger charge is -2.45. The SMILES string of the molecule is Cn1cnc(CNC2(C)CC(F)(F)C2)c1. The number of aromatic nitrogens is 2. The standard InChI is InChI=1S/C10H15F2N3/c1-9(5-10(11,12)6-9)14-3-8-4-15(2)7-13-8/h4,7,14H,3,5-6H2,1-2H3. The summed E-state index contributed by atoms with van der Waals surface area (Å²) in [4.78, 5) is 4.13. The van der Waals surface area contributed by atoms with Crippen LogP contribution in [0.25, 0.3) is 0 Å². The minimum Gasteiger partial charge on any atom is -0.340 e. The van der Waals surface area contributed by atoms with Crippen molar-refractivity contribution < 1.29 is 8.78 Å². The first-order chi connectivity index (χ1) is 6.89. The second-order valence-corrected chi connectivity index (χ2v) is 4.65. The van der Waals surface area contributed by atoms with Crippen LogP contribution < -0.4 is 5.32 Å². The van der Waals surface area contributed by atoms with Crippen LogP contribution in [0.15, 0.2) is 12.5 Å². The van der Waals surface area contributed by atoms with E-state index in [4.69, 9.17) is 0 Å². The summed E-state index contributed by atoms with van der Waals surface area (Å²) in [7, 11) is 1.88. The van der Waals surface area contributed by atoms with E-state index in [0.717, 1.165) is 5.69 Å². The molecule has 1 heterocycles. The molecule has 0 spiro atoms. The number of nitrogens with one attached hydrogen (secondary N) is 1. The van der Waals surface area contributed by atoms with Crippen LogP contribution in [0.3, 0.4) is 0 Å². The van der Waals surface area contributed by atoms with Crippen molar-refractivity contribution in [2.75, 3.05) is 0 Å². The first-order valence-corrected chi connectivity index (χ1v) is 4.98. The van der Waals surface area contributed by atoms with Crippen LogP contribution in [0.2, 0.25) is 0 Å². The number of imidazole rings is 1. The molecule has 0 amide bonds. The Morgan fingerprint density at radius 1 is 1.53 bits per heavy atom. The topological polar surface area (TPSA) is 29.9 Å². The van der Waals surface area contributed by atoms with Crippen LogP contribution >= 0.6 is 0 Å². The Morgan fingerprint density at radius 2 is 2.20 bits per heavy atom. The van der Waals surface area contributed by atoms with Gasteiger partial charge in [-0.1, -0.05) is 0 Å². The number of alkyl halides is 2. The lowest BCUT2D eigenvalue weighted by Crippen LogP contribution is -2.58. The Labute approximate surface area is 87.5 Å². The van der Waals surface area contributed by atoms with Crippen LogP contribution in [-0.2, 0) is 13.6 Å². The highest BCUT2D eigenvalue weighted by Gasteiger charge is 2.53. The highest BCUT2D eigenvalue weighted by Crippen LogP contribution is 2.45. The van der Waals surface area contributed by atoms with Gasteiger partial charge >= 0.3 is 0 Å². The van der Waals surface area contributed by atoms with Gasteiger partial charge in [-0.3, -0.25) is 0 Å². The molecule has 0 saturated heterocycles. The van der Waals surface area contributed by atoms with Crippen molar-refractivity contribution in [2.24, 2.45) is 7.05 Å². The first-order valence-electron chi connectivity index (χ1n) is 4.98. The van der Waals surface area contributed by atoms with E-state index in [1.807, 2.05) is 24.7 Å². The number of hydrogen-bond donors (Lipinski definition) is 1. The maximum Gasteiger partial charge on any atom is 0.251 e. The van der Waals surface area contributed by atoms with Crippen molar-refractivity contribution in [1.82, 2.24) is 14.9 Å². The van der Waals surface area contributed by atoms with Gasteiger partial charge in [0.15, 0.2) is 0 Å². The van der Waals surface area contributed by atoms with Crippen molar-refractivity contribution in [3.63, 3.8) is 0 Å². The molecule has 3 nitrogen and oxygen atoms in total. The molecule has 0 atom stereocenters. The van der Waals surface area contributed by atoms with Crippen LogP contribution in [0, 0.1) is 0 Å². The molecule has 0 aromatic carbocycles. The quantitative estimate of drug-likeness (QED) is 0.831. The van der Waals surface area contributed by atoms with E-state index in [1.165, 1.54) is 0 Å². The molecular weight excluding hydrogens is 200 g/mol. The molecule has 84 valence electrons. The van der Waals surface area contributed by atoms with Crippen molar-refractivity contribution in [3.05, 3.63) is 18.2 Å². The molecule has 0 aliphatic heterocycles. The van der Waals surface area contributed by atoms with Gasteiger partial charge in [0.25, 0.3) is 5.92 Å². The zero-order valence-electron chi connectivity index (χ0n) is 8.93. The number of hydrogen-bond acceptors (Lipinski definition) is 2. The molecule has 0 radical (unpaired) electrons. The molecule has 2 rings (SSSR count). The van der Waals surface area contributed by atoms with E-state index < -0.39 is 11.5 Å². The molecule has 1 aromatic heterocycles. The van der Waals surface area contributed by atoms with E-state index in [2.05, 4.69) is 10.3 Å².